The van der Waals surface area contributed by atoms with E-state index in [9.17, 15) is 4.79 Å². The van der Waals surface area contributed by atoms with Crippen LogP contribution in [0.5, 0.6) is 0 Å². The Balaban J connectivity index is 2.96. The van der Waals surface area contributed by atoms with E-state index in [0.717, 1.165) is 5.69 Å². The minimum atomic E-state index is -0.00352. The third-order valence-corrected chi connectivity index (χ3v) is 1.64. The second kappa shape index (κ2) is 4.05. The van der Waals surface area contributed by atoms with Crippen LogP contribution in [0.15, 0.2) is 24.3 Å². The first-order chi connectivity index (χ1) is 6.13. The lowest BCUT2D eigenvalue weighted by Gasteiger charge is -2.27. The summed E-state index contributed by atoms with van der Waals surface area (Å²) in [5.41, 5.74) is 0.858. The van der Waals surface area contributed by atoms with Gasteiger partial charge in [-0.2, -0.15) is 0 Å². The molecule has 0 aromatic heterocycles. The van der Waals surface area contributed by atoms with E-state index in [1.165, 1.54) is 6.92 Å². The van der Waals surface area contributed by atoms with Crippen molar-refractivity contribution in [3.8, 4) is 0 Å². The Labute approximate surface area is 78.5 Å². The molecule has 0 saturated carbocycles. The maximum Gasteiger partial charge on any atom is 0.238 e. The van der Waals surface area contributed by atoms with Gasteiger partial charge in [0.25, 0.3) is 0 Å². The number of carbonyl (C=O) groups is 1. The molecular formula is C10H13N2O. The summed E-state index contributed by atoms with van der Waals surface area (Å²) in [6.45, 7) is 1.54. The van der Waals surface area contributed by atoms with Crippen molar-refractivity contribution in [1.82, 2.24) is 5.01 Å². The second-order valence-corrected chi connectivity index (χ2v) is 2.94. The first-order valence-corrected chi connectivity index (χ1v) is 4.07. The Bertz CT molecular complexity index is 282. The maximum absolute atomic E-state index is 11.3. The van der Waals surface area contributed by atoms with Crippen molar-refractivity contribution in [2.45, 2.75) is 6.92 Å². The number of anilines is 1. The van der Waals surface area contributed by atoms with E-state index < -0.39 is 0 Å². The highest BCUT2D eigenvalue weighted by atomic mass is 16.2. The monoisotopic (exact) mass is 177 g/mol. The summed E-state index contributed by atoms with van der Waals surface area (Å²) in [4.78, 5) is 11.3. The summed E-state index contributed by atoms with van der Waals surface area (Å²) >= 11 is 0. The summed E-state index contributed by atoms with van der Waals surface area (Å²) in [6, 6.07) is 10.2. The number of benzene rings is 1. The molecule has 3 nitrogen and oxygen atoms in total. The van der Waals surface area contributed by atoms with Crippen LogP contribution in [0.3, 0.4) is 0 Å². The number of rotatable bonds is 2. The second-order valence-electron chi connectivity index (χ2n) is 2.94. The average molecular weight is 177 g/mol. The molecule has 0 saturated heterocycles. The summed E-state index contributed by atoms with van der Waals surface area (Å²) in [5, 5.41) is 3.34. The molecule has 0 heterocycles. The predicted molar refractivity (Wildman–Crippen MR) is 52.1 cm³/mol. The van der Waals surface area contributed by atoms with Crippen molar-refractivity contribution in [1.29, 1.82) is 0 Å². The number of hydrogen-bond acceptors (Lipinski definition) is 2. The van der Waals surface area contributed by atoms with Gasteiger partial charge in [-0.05, 0) is 18.2 Å². The summed E-state index contributed by atoms with van der Waals surface area (Å²) in [6.07, 6.45) is 0. The molecule has 0 spiro atoms. The lowest BCUT2D eigenvalue weighted by Crippen LogP contribution is -2.40. The van der Waals surface area contributed by atoms with Gasteiger partial charge in [-0.3, -0.25) is 4.79 Å². The Hall–Kier alpha value is -1.35. The van der Waals surface area contributed by atoms with Crippen molar-refractivity contribution < 1.29 is 4.79 Å². The molecule has 3 heteroatoms. The molecule has 0 unspecified atom stereocenters. The number of hydrazine groups is 1. The zero-order valence-corrected chi connectivity index (χ0v) is 8.11. The van der Waals surface area contributed by atoms with E-state index in [2.05, 4.69) is 6.07 Å². The molecule has 1 aromatic carbocycles. The van der Waals surface area contributed by atoms with Gasteiger partial charge in [0.15, 0.2) is 0 Å². The van der Waals surface area contributed by atoms with Crippen LogP contribution in [0.1, 0.15) is 6.92 Å². The van der Waals surface area contributed by atoms with Gasteiger partial charge in [0.1, 0.15) is 0 Å². The summed E-state index contributed by atoms with van der Waals surface area (Å²) < 4.78 is 0. The molecule has 1 radical (unpaired) electrons. The van der Waals surface area contributed by atoms with Crippen molar-refractivity contribution in [3.05, 3.63) is 30.3 Å². The first kappa shape index (κ1) is 9.74. The fourth-order valence-electron chi connectivity index (χ4n) is 1.21. The van der Waals surface area contributed by atoms with Crippen LogP contribution in [-0.4, -0.2) is 25.0 Å². The molecule has 0 fully saturated rings. The number of nitrogens with zero attached hydrogens (tertiary/aromatic N) is 2. The van der Waals surface area contributed by atoms with Gasteiger partial charge in [0.05, 0.1) is 5.69 Å². The van der Waals surface area contributed by atoms with E-state index in [1.807, 2.05) is 26.2 Å². The molecule has 69 valence electrons. The number of amides is 1. The zero-order chi connectivity index (χ0) is 9.84. The third kappa shape index (κ3) is 2.29. The molecule has 0 atom stereocenters. The SMILES string of the molecule is CC(=O)N(c1cc[c]cc1)N(C)C. The van der Waals surface area contributed by atoms with Gasteiger partial charge in [-0.25, -0.2) is 10.0 Å². The lowest BCUT2D eigenvalue weighted by molar-refractivity contribution is -0.118. The van der Waals surface area contributed by atoms with Crippen LogP contribution >= 0.6 is 0 Å². The minimum Gasteiger partial charge on any atom is -0.273 e. The molecule has 0 aliphatic heterocycles. The maximum atomic E-state index is 11.3. The van der Waals surface area contributed by atoms with Crippen LogP contribution < -0.4 is 5.01 Å². The van der Waals surface area contributed by atoms with Crippen LogP contribution in [0.25, 0.3) is 0 Å². The van der Waals surface area contributed by atoms with Crippen LogP contribution in [0, 0.1) is 6.07 Å². The topological polar surface area (TPSA) is 23.6 Å². The molecule has 0 aliphatic carbocycles. The standard InChI is InChI=1S/C10H13N2O/c1-9(13)12(11(2)3)10-7-5-4-6-8-10/h5-8H,1-3H3. The van der Waals surface area contributed by atoms with Gasteiger partial charge in [-0.15, -0.1) is 0 Å². The average Bonchev–Trinajstić information content (AvgIpc) is 2.04. The van der Waals surface area contributed by atoms with Gasteiger partial charge in [0, 0.05) is 21.0 Å². The lowest BCUT2D eigenvalue weighted by atomic mass is 10.3. The molecular weight excluding hydrogens is 164 g/mol. The molecule has 0 N–H and O–H groups in total. The number of carbonyl (C=O) groups excluding carboxylic acids is 1. The highest BCUT2D eigenvalue weighted by Crippen LogP contribution is 2.13. The Kier molecular flexibility index (Phi) is 3.03. The van der Waals surface area contributed by atoms with E-state index in [0.29, 0.717) is 0 Å². The smallest absolute Gasteiger partial charge is 0.238 e. The van der Waals surface area contributed by atoms with Crippen LogP contribution in [-0.2, 0) is 4.79 Å². The molecule has 1 rings (SSSR count). The summed E-state index contributed by atoms with van der Waals surface area (Å²) in [7, 11) is 3.66. The van der Waals surface area contributed by atoms with Gasteiger partial charge >= 0.3 is 0 Å². The fourth-order valence-corrected chi connectivity index (χ4v) is 1.21. The Morgan fingerprint density at radius 3 is 2.23 bits per heavy atom. The van der Waals surface area contributed by atoms with E-state index >= 15 is 0 Å². The zero-order valence-electron chi connectivity index (χ0n) is 8.11. The molecule has 1 aromatic rings. The summed E-state index contributed by atoms with van der Waals surface area (Å²) in [5.74, 6) is -0.00352. The highest BCUT2D eigenvalue weighted by Gasteiger charge is 2.12. The Morgan fingerprint density at radius 2 is 1.85 bits per heavy atom. The van der Waals surface area contributed by atoms with Crippen molar-refractivity contribution in [3.63, 3.8) is 0 Å². The molecule has 0 aliphatic rings. The highest BCUT2D eigenvalue weighted by molar-refractivity contribution is 5.90. The minimum absolute atomic E-state index is 0.00352. The predicted octanol–water partition coefficient (Wildman–Crippen LogP) is 1.32. The normalized spacial score (nSPS) is 10.2. The van der Waals surface area contributed by atoms with Crippen molar-refractivity contribution in [2.75, 3.05) is 19.1 Å². The third-order valence-electron chi connectivity index (χ3n) is 1.64. The van der Waals surface area contributed by atoms with Crippen LogP contribution in [0.2, 0.25) is 0 Å². The Morgan fingerprint density at radius 1 is 1.31 bits per heavy atom. The van der Waals surface area contributed by atoms with E-state index in [-0.39, 0.29) is 5.91 Å². The first-order valence-electron chi connectivity index (χ1n) is 4.07. The van der Waals surface area contributed by atoms with E-state index in [1.54, 1.807) is 22.2 Å². The fraction of sp³-hybridized carbons (Fsp3) is 0.300. The molecule has 13 heavy (non-hydrogen) atoms. The largest absolute Gasteiger partial charge is 0.273 e. The van der Waals surface area contributed by atoms with Gasteiger partial charge in [0.2, 0.25) is 5.91 Å². The van der Waals surface area contributed by atoms with Crippen molar-refractivity contribution in [2.24, 2.45) is 0 Å². The quantitative estimate of drug-likeness (QED) is 0.636. The van der Waals surface area contributed by atoms with Gasteiger partial charge in [-0.1, -0.05) is 12.1 Å². The van der Waals surface area contributed by atoms with Gasteiger partial charge < -0.3 is 0 Å². The molecule has 0 bridgehead atoms. The van der Waals surface area contributed by atoms with E-state index in [4.69, 9.17) is 0 Å². The van der Waals surface area contributed by atoms with Crippen LogP contribution in [0.4, 0.5) is 5.69 Å². The number of hydrogen-bond donors (Lipinski definition) is 0. The van der Waals surface area contributed by atoms with Crippen molar-refractivity contribution >= 4 is 11.6 Å². The molecule has 1 amide bonds.